The topological polar surface area (TPSA) is 55.1 Å². The first kappa shape index (κ1) is 12.4. The first-order valence-corrected chi connectivity index (χ1v) is 8.06. The van der Waals surface area contributed by atoms with Gasteiger partial charge in [0, 0.05) is 23.5 Å². The normalized spacial score (nSPS) is 21.6. The van der Waals surface area contributed by atoms with Crippen LogP contribution in [0.25, 0.3) is 4.96 Å². The van der Waals surface area contributed by atoms with Crippen molar-refractivity contribution in [3.05, 3.63) is 10.8 Å². The summed E-state index contributed by atoms with van der Waals surface area (Å²) in [7, 11) is 0. The zero-order valence-electron chi connectivity index (χ0n) is 10.8. The SMILES string of the molecule is CC(C)(C)c1nnc2sc(C3CSCCN3)nn12. The van der Waals surface area contributed by atoms with Crippen molar-refractivity contribution < 1.29 is 0 Å². The third-order valence-corrected chi connectivity index (χ3v) is 4.97. The molecule has 18 heavy (non-hydrogen) atoms. The van der Waals surface area contributed by atoms with Gasteiger partial charge in [0.1, 0.15) is 5.01 Å². The Labute approximate surface area is 114 Å². The summed E-state index contributed by atoms with van der Waals surface area (Å²) in [4.78, 5) is 0.896. The van der Waals surface area contributed by atoms with Gasteiger partial charge in [-0.15, -0.1) is 10.2 Å². The molecule has 1 atom stereocenters. The largest absolute Gasteiger partial charge is 0.306 e. The molecule has 0 aliphatic carbocycles. The lowest BCUT2D eigenvalue weighted by Gasteiger charge is -2.20. The van der Waals surface area contributed by atoms with Gasteiger partial charge in [0.25, 0.3) is 0 Å². The minimum absolute atomic E-state index is 0.0283. The van der Waals surface area contributed by atoms with E-state index in [9.17, 15) is 0 Å². The summed E-state index contributed by atoms with van der Waals surface area (Å²) < 4.78 is 1.90. The summed E-state index contributed by atoms with van der Waals surface area (Å²) >= 11 is 3.62. The fourth-order valence-corrected chi connectivity index (χ4v) is 3.92. The molecule has 1 unspecified atom stereocenters. The van der Waals surface area contributed by atoms with Crippen molar-refractivity contribution in [2.45, 2.75) is 32.2 Å². The van der Waals surface area contributed by atoms with E-state index in [0.717, 1.165) is 28.1 Å². The molecule has 0 aromatic carbocycles. The van der Waals surface area contributed by atoms with Gasteiger partial charge in [0.15, 0.2) is 5.82 Å². The lowest BCUT2D eigenvalue weighted by atomic mass is 9.96. The second-order valence-electron chi connectivity index (χ2n) is 5.49. The molecule has 1 saturated heterocycles. The van der Waals surface area contributed by atoms with E-state index in [1.807, 2.05) is 16.3 Å². The van der Waals surface area contributed by atoms with Gasteiger partial charge < -0.3 is 5.32 Å². The van der Waals surface area contributed by atoms with Crippen LogP contribution in [0.5, 0.6) is 0 Å². The number of rotatable bonds is 1. The molecule has 1 fully saturated rings. The summed E-state index contributed by atoms with van der Waals surface area (Å²) in [6, 6.07) is 0.364. The molecule has 0 radical (unpaired) electrons. The Balaban J connectivity index is 1.98. The van der Waals surface area contributed by atoms with E-state index in [-0.39, 0.29) is 5.41 Å². The molecule has 1 aliphatic heterocycles. The second kappa shape index (κ2) is 4.47. The molecule has 0 saturated carbocycles. The quantitative estimate of drug-likeness (QED) is 0.866. The van der Waals surface area contributed by atoms with E-state index in [4.69, 9.17) is 5.10 Å². The van der Waals surface area contributed by atoms with E-state index >= 15 is 0 Å². The van der Waals surface area contributed by atoms with Gasteiger partial charge in [0.2, 0.25) is 4.96 Å². The Hall–Kier alpha value is -0.660. The average molecular weight is 283 g/mol. The Morgan fingerprint density at radius 2 is 2.17 bits per heavy atom. The van der Waals surface area contributed by atoms with Gasteiger partial charge in [-0.2, -0.15) is 21.4 Å². The number of nitrogens with one attached hydrogen (secondary N) is 1. The molecule has 7 heteroatoms. The molecular formula is C11H17N5S2. The van der Waals surface area contributed by atoms with Gasteiger partial charge in [-0.1, -0.05) is 32.1 Å². The predicted molar refractivity (Wildman–Crippen MR) is 75.4 cm³/mol. The van der Waals surface area contributed by atoms with Crippen LogP contribution in [0.4, 0.5) is 0 Å². The maximum atomic E-state index is 4.70. The fourth-order valence-electron chi connectivity index (χ4n) is 1.96. The Morgan fingerprint density at radius 1 is 1.33 bits per heavy atom. The number of aromatic nitrogens is 4. The summed E-state index contributed by atoms with van der Waals surface area (Å²) in [6.07, 6.45) is 0. The standard InChI is InChI=1S/C11H17N5S2/c1-11(2,3)9-13-14-10-16(9)15-8(18-10)7-6-17-5-4-12-7/h7,12H,4-6H2,1-3H3. The van der Waals surface area contributed by atoms with Crippen molar-refractivity contribution >= 4 is 28.1 Å². The average Bonchev–Trinajstić information content (AvgIpc) is 2.87. The molecule has 0 amide bonds. The predicted octanol–water partition coefficient (Wildman–Crippen LogP) is 1.86. The maximum Gasteiger partial charge on any atom is 0.234 e. The third-order valence-electron chi connectivity index (χ3n) is 2.90. The van der Waals surface area contributed by atoms with Crippen LogP contribution in [0.15, 0.2) is 0 Å². The van der Waals surface area contributed by atoms with Gasteiger partial charge in [-0.05, 0) is 0 Å². The Morgan fingerprint density at radius 3 is 2.83 bits per heavy atom. The zero-order chi connectivity index (χ0) is 12.8. The number of fused-ring (bicyclic) bond motifs is 1. The minimum atomic E-state index is -0.0283. The Kier molecular flexibility index (Phi) is 3.07. The molecular weight excluding hydrogens is 266 g/mol. The molecule has 0 spiro atoms. The van der Waals surface area contributed by atoms with Crippen molar-refractivity contribution in [1.82, 2.24) is 25.1 Å². The molecule has 2 aromatic rings. The first-order valence-electron chi connectivity index (χ1n) is 6.09. The number of thioether (sulfide) groups is 1. The molecule has 5 nitrogen and oxygen atoms in total. The number of nitrogens with zero attached hydrogens (tertiary/aromatic N) is 4. The highest BCUT2D eigenvalue weighted by molar-refractivity contribution is 7.99. The number of hydrogen-bond acceptors (Lipinski definition) is 6. The highest BCUT2D eigenvalue weighted by Gasteiger charge is 2.25. The van der Waals surface area contributed by atoms with Crippen LogP contribution in [0.2, 0.25) is 0 Å². The minimum Gasteiger partial charge on any atom is -0.306 e. The summed E-state index contributed by atoms with van der Waals surface area (Å²) in [5.41, 5.74) is -0.0283. The Bertz CT molecular complexity index is 547. The van der Waals surface area contributed by atoms with Crippen LogP contribution >= 0.6 is 23.1 Å². The van der Waals surface area contributed by atoms with Crippen LogP contribution < -0.4 is 5.32 Å². The van der Waals surface area contributed by atoms with Crippen LogP contribution in [0.3, 0.4) is 0 Å². The van der Waals surface area contributed by atoms with Crippen molar-refractivity contribution in [3.8, 4) is 0 Å². The van der Waals surface area contributed by atoms with Gasteiger partial charge in [-0.3, -0.25) is 0 Å². The van der Waals surface area contributed by atoms with Crippen LogP contribution in [0, 0.1) is 0 Å². The number of hydrogen-bond donors (Lipinski definition) is 1. The lowest BCUT2D eigenvalue weighted by molar-refractivity contribution is 0.520. The van der Waals surface area contributed by atoms with Crippen molar-refractivity contribution in [3.63, 3.8) is 0 Å². The highest BCUT2D eigenvalue weighted by Crippen LogP contribution is 2.28. The second-order valence-corrected chi connectivity index (χ2v) is 7.63. The molecule has 1 aliphatic rings. The van der Waals surface area contributed by atoms with Crippen LogP contribution in [-0.4, -0.2) is 37.9 Å². The zero-order valence-corrected chi connectivity index (χ0v) is 12.4. The summed E-state index contributed by atoms with van der Waals surface area (Å²) in [5, 5.41) is 17.8. The van der Waals surface area contributed by atoms with E-state index in [1.165, 1.54) is 5.75 Å². The molecule has 3 heterocycles. The van der Waals surface area contributed by atoms with E-state index in [1.54, 1.807) is 11.3 Å². The van der Waals surface area contributed by atoms with Gasteiger partial charge in [0.05, 0.1) is 6.04 Å². The van der Waals surface area contributed by atoms with Gasteiger partial charge >= 0.3 is 0 Å². The summed E-state index contributed by atoms with van der Waals surface area (Å²) in [6.45, 7) is 7.47. The monoisotopic (exact) mass is 283 g/mol. The van der Waals surface area contributed by atoms with Crippen molar-refractivity contribution in [2.75, 3.05) is 18.1 Å². The van der Waals surface area contributed by atoms with E-state index < -0.39 is 0 Å². The van der Waals surface area contributed by atoms with Crippen LogP contribution in [0.1, 0.15) is 37.6 Å². The van der Waals surface area contributed by atoms with Gasteiger partial charge in [-0.25, -0.2) is 0 Å². The van der Waals surface area contributed by atoms with Crippen LogP contribution in [-0.2, 0) is 5.41 Å². The maximum absolute atomic E-state index is 4.70. The molecule has 3 rings (SSSR count). The van der Waals surface area contributed by atoms with E-state index in [2.05, 4.69) is 36.3 Å². The fraction of sp³-hybridized carbons (Fsp3) is 0.727. The smallest absolute Gasteiger partial charge is 0.234 e. The molecule has 0 bridgehead atoms. The first-order chi connectivity index (χ1) is 8.55. The highest BCUT2D eigenvalue weighted by atomic mass is 32.2. The molecule has 1 N–H and O–H groups in total. The van der Waals surface area contributed by atoms with Crippen molar-refractivity contribution in [1.29, 1.82) is 0 Å². The third kappa shape index (κ3) is 2.15. The lowest BCUT2D eigenvalue weighted by Crippen LogP contribution is -2.30. The summed E-state index contributed by atoms with van der Waals surface area (Å²) in [5.74, 6) is 3.21. The molecule has 2 aromatic heterocycles. The molecule has 98 valence electrons. The van der Waals surface area contributed by atoms with Crippen molar-refractivity contribution in [2.24, 2.45) is 0 Å². The van der Waals surface area contributed by atoms with E-state index in [0.29, 0.717) is 6.04 Å².